The van der Waals surface area contributed by atoms with Crippen LogP contribution in [0.3, 0.4) is 0 Å². The van der Waals surface area contributed by atoms with Gasteiger partial charge in [-0.3, -0.25) is 9.88 Å². The molecule has 3 nitrogen and oxygen atoms in total. The third kappa shape index (κ3) is 11.9. The summed E-state index contributed by atoms with van der Waals surface area (Å²) in [7, 11) is 0. The minimum atomic E-state index is -0.885. The molecule has 1 N–H and O–H groups in total. The van der Waals surface area contributed by atoms with Crippen LogP contribution in [0.1, 0.15) is 123 Å². The molecule has 1 fully saturated rings. The predicted octanol–water partition coefficient (Wildman–Crippen LogP) is 7.80. The summed E-state index contributed by atoms with van der Waals surface area (Å²) in [6.45, 7) is 13.1. The standard InChI is InChI=1S/C31H52N2O/c1-26(2)13-8-14-27(3)15-9-16-28(4)17-10-20-31(5,34)21-12-24-33-23-7-6-19-30(33)29-18-11-22-32-25-29/h11,18,22,25-28,30,34H,6-10,13-17,19-20,23-24H2,1-5H3/t27-,28+,30+,31-/m0/s1. The van der Waals surface area contributed by atoms with Crippen LogP contribution in [0.5, 0.6) is 0 Å². The van der Waals surface area contributed by atoms with Gasteiger partial charge in [-0.25, -0.2) is 0 Å². The van der Waals surface area contributed by atoms with Gasteiger partial charge in [-0.05, 0) is 68.5 Å². The summed E-state index contributed by atoms with van der Waals surface area (Å²) < 4.78 is 0. The lowest BCUT2D eigenvalue weighted by Crippen LogP contribution is -2.34. The topological polar surface area (TPSA) is 36.4 Å². The van der Waals surface area contributed by atoms with Crippen LogP contribution in [0.25, 0.3) is 0 Å². The molecule has 2 heterocycles. The smallest absolute Gasteiger partial charge is 0.122 e. The maximum atomic E-state index is 10.8. The van der Waals surface area contributed by atoms with Gasteiger partial charge >= 0.3 is 0 Å². The van der Waals surface area contributed by atoms with E-state index in [-0.39, 0.29) is 0 Å². The van der Waals surface area contributed by atoms with E-state index < -0.39 is 5.60 Å². The second-order valence-electron chi connectivity index (χ2n) is 11.7. The first kappa shape index (κ1) is 28.9. The Morgan fingerprint density at radius 3 is 2.35 bits per heavy atom. The van der Waals surface area contributed by atoms with Crippen molar-refractivity contribution in [3.63, 3.8) is 0 Å². The van der Waals surface area contributed by atoms with Crippen molar-refractivity contribution in [3.8, 4) is 11.8 Å². The largest absolute Gasteiger partial charge is 0.378 e. The fourth-order valence-electron chi connectivity index (χ4n) is 5.30. The maximum Gasteiger partial charge on any atom is 0.122 e. The summed E-state index contributed by atoms with van der Waals surface area (Å²) in [4.78, 5) is 6.76. The first-order valence-electron chi connectivity index (χ1n) is 14.1. The molecular formula is C31H52N2O. The number of likely N-dealkylation sites (tertiary alicyclic amines) is 1. The summed E-state index contributed by atoms with van der Waals surface area (Å²) in [5.74, 6) is 8.93. The van der Waals surface area contributed by atoms with Gasteiger partial charge in [-0.1, -0.05) is 97.0 Å². The molecule has 0 bridgehead atoms. The molecule has 0 aliphatic carbocycles. The second-order valence-corrected chi connectivity index (χ2v) is 11.7. The highest BCUT2D eigenvalue weighted by Gasteiger charge is 2.23. The van der Waals surface area contributed by atoms with E-state index >= 15 is 0 Å². The summed E-state index contributed by atoms with van der Waals surface area (Å²) in [6, 6.07) is 4.60. The molecular weight excluding hydrogens is 416 g/mol. The molecule has 34 heavy (non-hydrogen) atoms. The maximum absolute atomic E-state index is 10.8. The lowest BCUT2D eigenvalue weighted by molar-refractivity contribution is 0.107. The van der Waals surface area contributed by atoms with Crippen molar-refractivity contribution in [1.29, 1.82) is 0 Å². The molecule has 1 saturated heterocycles. The summed E-state index contributed by atoms with van der Waals surface area (Å²) >= 11 is 0. The van der Waals surface area contributed by atoms with Crippen LogP contribution in [0, 0.1) is 29.6 Å². The number of pyridine rings is 1. The molecule has 1 aromatic heterocycles. The number of hydrogen-bond donors (Lipinski definition) is 1. The van der Waals surface area contributed by atoms with Gasteiger partial charge in [-0.2, -0.15) is 0 Å². The van der Waals surface area contributed by atoms with Crippen molar-refractivity contribution in [2.45, 2.75) is 123 Å². The third-order valence-electron chi connectivity index (χ3n) is 7.56. The fraction of sp³-hybridized carbons (Fsp3) is 0.774. The highest BCUT2D eigenvalue weighted by Crippen LogP contribution is 2.30. The number of hydrogen-bond acceptors (Lipinski definition) is 3. The molecule has 3 heteroatoms. The minimum absolute atomic E-state index is 0.403. The van der Waals surface area contributed by atoms with Crippen molar-refractivity contribution in [3.05, 3.63) is 30.1 Å². The van der Waals surface area contributed by atoms with Crippen molar-refractivity contribution in [1.82, 2.24) is 9.88 Å². The normalized spacial score (nSPS) is 20.4. The Hall–Kier alpha value is -1.37. The van der Waals surface area contributed by atoms with Crippen LogP contribution in [-0.2, 0) is 0 Å². The Kier molecular flexibility index (Phi) is 13.2. The zero-order chi connectivity index (χ0) is 24.8. The summed E-state index contributed by atoms with van der Waals surface area (Å²) in [6.07, 6.45) is 18.6. The number of rotatable bonds is 14. The second kappa shape index (κ2) is 15.6. The van der Waals surface area contributed by atoms with Crippen molar-refractivity contribution in [2.75, 3.05) is 13.1 Å². The van der Waals surface area contributed by atoms with E-state index in [0.717, 1.165) is 43.7 Å². The Bertz CT molecular complexity index is 718. The number of aromatic nitrogens is 1. The third-order valence-corrected chi connectivity index (χ3v) is 7.56. The van der Waals surface area contributed by atoms with Crippen LogP contribution < -0.4 is 0 Å². The van der Waals surface area contributed by atoms with Gasteiger partial charge < -0.3 is 5.11 Å². The van der Waals surface area contributed by atoms with Crippen LogP contribution in [0.4, 0.5) is 0 Å². The van der Waals surface area contributed by atoms with Crippen LogP contribution in [-0.4, -0.2) is 33.7 Å². The molecule has 4 atom stereocenters. The van der Waals surface area contributed by atoms with Crippen LogP contribution >= 0.6 is 0 Å². The molecule has 0 radical (unpaired) electrons. The first-order chi connectivity index (χ1) is 16.3. The number of aliphatic hydroxyl groups is 1. The Morgan fingerprint density at radius 2 is 1.71 bits per heavy atom. The van der Waals surface area contributed by atoms with E-state index in [2.05, 4.69) is 55.5 Å². The highest BCUT2D eigenvalue weighted by molar-refractivity contribution is 5.17. The van der Waals surface area contributed by atoms with E-state index in [1.54, 1.807) is 0 Å². The molecule has 2 rings (SSSR count). The molecule has 1 aliphatic heterocycles. The SMILES string of the molecule is CC(C)CCC[C@H](C)CCC[C@@H](C)CCC[C@](C)(O)C#CCN1CCCC[C@@H]1c1cccnc1. The van der Waals surface area contributed by atoms with Gasteiger partial charge in [-0.15, -0.1) is 0 Å². The Labute approximate surface area is 211 Å². The van der Waals surface area contributed by atoms with Gasteiger partial charge in [0.05, 0.1) is 6.54 Å². The van der Waals surface area contributed by atoms with Gasteiger partial charge in [0.1, 0.15) is 5.60 Å². The van der Waals surface area contributed by atoms with Gasteiger partial charge in [0.15, 0.2) is 0 Å². The van der Waals surface area contributed by atoms with Crippen LogP contribution in [0.2, 0.25) is 0 Å². The zero-order valence-electron chi connectivity index (χ0n) is 22.9. The van der Waals surface area contributed by atoms with E-state index in [9.17, 15) is 5.11 Å². The molecule has 0 spiro atoms. The molecule has 0 saturated carbocycles. The molecule has 1 aromatic rings. The predicted molar refractivity (Wildman–Crippen MR) is 146 cm³/mol. The quantitative estimate of drug-likeness (QED) is 0.283. The van der Waals surface area contributed by atoms with Crippen molar-refractivity contribution < 1.29 is 5.11 Å². The van der Waals surface area contributed by atoms with Gasteiger partial charge in [0.2, 0.25) is 0 Å². The molecule has 0 amide bonds. The monoisotopic (exact) mass is 468 g/mol. The average Bonchev–Trinajstić information content (AvgIpc) is 2.79. The van der Waals surface area contributed by atoms with E-state index in [0.29, 0.717) is 6.04 Å². The van der Waals surface area contributed by atoms with Crippen LogP contribution in [0.15, 0.2) is 24.5 Å². The summed E-state index contributed by atoms with van der Waals surface area (Å²) in [5.41, 5.74) is 0.402. The number of piperidine rings is 1. The van der Waals surface area contributed by atoms with Crippen molar-refractivity contribution in [2.24, 2.45) is 17.8 Å². The molecule has 0 aromatic carbocycles. The number of nitrogens with zero attached hydrogens (tertiary/aromatic N) is 2. The van der Waals surface area contributed by atoms with E-state index in [1.165, 1.54) is 69.8 Å². The molecule has 1 aliphatic rings. The van der Waals surface area contributed by atoms with Gasteiger partial charge in [0.25, 0.3) is 0 Å². The average molecular weight is 469 g/mol. The summed E-state index contributed by atoms with van der Waals surface area (Å²) in [5, 5.41) is 10.8. The molecule has 192 valence electrons. The van der Waals surface area contributed by atoms with Gasteiger partial charge in [0, 0.05) is 18.4 Å². The Balaban J connectivity index is 1.65. The Morgan fingerprint density at radius 1 is 1.03 bits per heavy atom. The van der Waals surface area contributed by atoms with Crippen molar-refractivity contribution >= 4 is 0 Å². The zero-order valence-corrected chi connectivity index (χ0v) is 22.9. The van der Waals surface area contributed by atoms with E-state index in [4.69, 9.17) is 0 Å². The first-order valence-corrected chi connectivity index (χ1v) is 14.1. The fourth-order valence-corrected chi connectivity index (χ4v) is 5.30. The lowest BCUT2D eigenvalue weighted by Gasteiger charge is -2.34. The lowest BCUT2D eigenvalue weighted by atomic mass is 9.90. The van der Waals surface area contributed by atoms with E-state index in [1.807, 2.05) is 25.4 Å². The minimum Gasteiger partial charge on any atom is -0.378 e. The molecule has 0 unspecified atom stereocenters. The highest BCUT2D eigenvalue weighted by atomic mass is 16.3.